The average molecular weight is 166 g/mol. The van der Waals surface area contributed by atoms with Crippen LogP contribution in [0.2, 0.25) is 0 Å². The summed E-state index contributed by atoms with van der Waals surface area (Å²) < 4.78 is 0. The molecule has 2 heteroatoms. The predicted octanol–water partition coefficient (Wildman–Crippen LogP) is 2.08. The van der Waals surface area contributed by atoms with Gasteiger partial charge in [0.25, 0.3) is 0 Å². The molecule has 0 aromatic heterocycles. The van der Waals surface area contributed by atoms with E-state index in [9.17, 15) is 0 Å². The fourth-order valence-electron chi connectivity index (χ4n) is 1.47. The van der Waals surface area contributed by atoms with E-state index >= 15 is 0 Å². The quantitative estimate of drug-likeness (QED) is 0.573. The molecule has 0 N–H and O–H groups in total. The van der Waals surface area contributed by atoms with Gasteiger partial charge < -0.3 is 0 Å². The molecule has 0 spiro atoms. The van der Waals surface area contributed by atoms with Crippen molar-refractivity contribution in [3.8, 4) is 0 Å². The summed E-state index contributed by atoms with van der Waals surface area (Å²) in [4.78, 5) is 6.80. The topological polar surface area (TPSA) is 15.6 Å². The van der Waals surface area contributed by atoms with E-state index in [1.807, 2.05) is 13.1 Å². The van der Waals surface area contributed by atoms with Gasteiger partial charge in [-0.3, -0.25) is 9.89 Å². The molecule has 68 valence electrons. The van der Waals surface area contributed by atoms with Gasteiger partial charge in [-0.15, -0.1) is 0 Å². The summed E-state index contributed by atoms with van der Waals surface area (Å²) in [5.41, 5.74) is 2.73. The van der Waals surface area contributed by atoms with Gasteiger partial charge in [0, 0.05) is 19.3 Å². The second-order valence-electron chi connectivity index (χ2n) is 3.23. The normalized spacial score (nSPS) is 20.9. The fourth-order valence-corrected chi connectivity index (χ4v) is 1.47. The first-order valence-electron chi connectivity index (χ1n) is 4.67. The Morgan fingerprint density at radius 3 is 2.92 bits per heavy atom. The Hall–Kier alpha value is -0.630. The van der Waals surface area contributed by atoms with Gasteiger partial charge in [0.15, 0.2) is 0 Å². The van der Waals surface area contributed by atoms with Gasteiger partial charge in [0.05, 0.1) is 5.70 Å². The van der Waals surface area contributed by atoms with Gasteiger partial charge >= 0.3 is 0 Å². The lowest BCUT2D eigenvalue weighted by molar-refractivity contribution is 0.299. The van der Waals surface area contributed by atoms with Crippen LogP contribution in [0.25, 0.3) is 0 Å². The Morgan fingerprint density at radius 2 is 2.33 bits per heavy atom. The molecule has 0 aromatic carbocycles. The minimum Gasteiger partial charge on any atom is -0.297 e. The van der Waals surface area contributed by atoms with E-state index in [1.54, 1.807) is 0 Å². The van der Waals surface area contributed by atoms with Crippen molar-refractivity contribution in [3.05, 3.63) is 11.3 Å². The monoisotopic (exact) mass is 166 g/mol. The summed E-state index contributed by atoms with van der Waals surface area (Å²) >= 11 is 0. The van der Waals surface area contributed by atoms with Crippen LogP contribution in [0.1, 0.15) is 27.2 Å². The Kier molecular flexibility index (Phi) is 3.48. The van der Waals surface area contributed by atoms with E-state index < -0.39 is 0 Å². The third kappa shape index (κ3) is 2.18. The number of hydrogen-bond acceptors (Lipinski definition) is 2. The zero-order chi connectivity index (χ0) is 8.97. The van der Waals surface area contributed by atoms with Gasteiger partial charge in [-0.05, 0) is 32.4 Å². The summed E-state index contributed by atoms with van der Waals surface area (Å²) in [6.45, 7) is 9.74. The van der Waals surface area contributed by atoms with Crippen LogP contribution >= 0.6 is 0 Å². The van der Waals surface area contributed by atoms with Crippen molar-refractivity contribution >= 4 is 6.21 Å². The van der Waals surface area contributed by atoms with Crippen LogP contribution in [-0.4, -0.2) is 30.7 Å². The first-order valence-corrected chi connectivity index (χ1v) is 4.67. The summed E-state index contributed by atoms with van der Waals surface area (Å²) in [5.74, 6) is 0. The van der Waals surface area contributed by atoms with Crippen LogP contribution in [0.15, 0.2) is 16.3 Å². The molecule has 0 radical (unpaired) electrons. The lowest BCUT2D eigenvalue weighted by atomic mass is 10.1. The van der Waals surface area contributed by atoms with E-state index in [0.717, 1.165) is 13.1 Å². The minimum atomic E-state index is 1.03. The number of hydrogen-bond donors (Lipinski definition) is 0. The third-order valence-corrected chi connectivity index (χ3v) is 2.40. The zero-order valence-corrected chi connectivity index (χ0v) is 8.30. The molecule has 0 amide bonds. The molecule has 12 heavy (non-hydrogen) atoms. The van der Waals surface area contributed by atoms with Crippen LogP contribution < -0.4 is 0 Å². The Bertz CT molecular complexity index is 204. The van der Waals surface area contributed by atoms with Crippen LogP contribution in [0.4, 0.5) is 0 Å². The van der Waals surface area contributed by atoms with Crippen LogP contribution in [-0.2, 0) is 0 Å². The number of rotatable bonds is 2. The summed E-state index contributed by atoms with van der Waals surface area (Å²) in [6, 6.07) is 0. The highest BCUT2D eigenvalue weighted by Gasteiger charge is 2.13. The van der Waals surface area contributed by atoms with Crippen molar-refractivity contribution in [2.24, 2.45) is 4.99 Å². The van der Waals surface area contributed by atoms with E-state index in [0.29, 0.717) is 0 Å². The molecule has 1 heterocycles. The van der Waals surface area contributed by atoms with Gasteiger partial charge in [-0.2, -0.15) is 0 Å². The lowest BCUT2D eigenvalue weighted by Crippen LogP contribution is -2.30. The first kappa shape index (κ1) is 9.46. The molecular formula is C10H18N2. The third-order valence-electron chi connectivity index (χ3n) is 2.40. The molecular weight excluding hydrogens is 148 g/mol. The fraction of sp³-hybridized carbons (Fsp3) is 0.700. The van der Waals surface area contributed by atoms with Crippen molar-refractivity contribution < 1.29 is 0 Å². The first-order chi connectivity index (χ1) is 5.77. The van der Waals surface area contributed by atoms with E-state index in [2.05, 4.69) is 23.7 Å². The van der Waals surface area contributed by atoms with Crippen LogP contribution in [0.5, 0.6) is 0 Å². The van der Waals surface area contributed by atoms with Gasteiger partial charge in [-0.25, -0.2) is 0 Å². The maximum Gasteiger partial charge on any atom is 0.0529 e. The van der Waals surface area contributed by atoms with Crippen molar-refractivity contribution in [1.82, 2.24) is 4.90 Å². The number of nitrogens with zero attached hydrogens (tertiary/aromatic N) is 2. The summed E-state index contributed by atoms with van der Waals surface area (Å²) in [7, 11) is 0. The Labute approximate surface area is 75.0 Å². The average Bonchev–Trinajstić information content (AvgIpc) is 2.09. The molecule has 1 rings (SSSR count). The minimum absolute atomic E-state index is 1.03. The molecule has 0 aliphatic carbocycles. The van der Waals surface area contributed by atoms with Crippen LogP contribution in [0.3, 0.4) is 0 Å². The summed E-state index contributed by atoms with van der Waals surface area (Å²) in [5, 5.41) is 0. The van der Waals surface area contributed by atoms with Gasteiger partial charge in [-0.1, -0.05) is 6.92 Å². The highest BCUT2D eigenvalue weighted by atomic mass is 15.1. The Balaban J connectivity index is 2.67. The smallest absolute Gasteiger partial charge is 0.0529 e. The molecule has 1 aliphatic rings. The second-order valence-corrected chi connectivity index (χ2v) is 3.23. The number of aliphatic imine (C=N–C) groups is 1. The molecule has 1 aliphatic heterocycles. The highest BCUT2D eigenvalue weighted by molar-refractivity contribution is 5.55. The molecule has 0 aromatic rings. The molecule has 0 atom stereocenters. The lowest BCUT2D eigenvalue weighted by Gasteiger charge is -2.26. The molecule has 0 saturated carbocycles. The molecule has 0 fully saturated rings. The standard InChI is InChI=1S/C10H18N2/c1-4-11-10-8-12(5-2)7-6-9(10)3/h4H,5-8H2,1-3H3/b11-4-. The molecule has 2 nitrogen and oxygen atoms in total. The Morgan fingerprint density at radius 1 is 1.58 bits per heavy atom. The largest absolute Gasteiger partial charge is 0.297 e. The SMILES string of the molecule is C/C=N\C1=C(C)CCN(CC)C1. The van der Waals surface area contributed by atoms with Crippen molar-refractivity contribution in [2.45, 2.75) is 27.2 Å². The maximum absolute atomic E-state index is 4.38. The second kappa shape index (κ2) is 4.41. The van der Waals surface area contributed by atoms with Crippen molar-refractivity contribution in [2.75, 3.05) is 19.6 Å². The molecule has 0 bridgehead atoms. The zero-order valence-electron chi connectivity index (χ0n) is 8.30. The maximum atomic E-state index is 4.38. The van der Waals surface area contributed by atoms with Gasteiger partial charge in [0.1, 0.15) is 0 Å². The highest BCUT2D eigenvalue weighted by Crippen LogP contribution is 2.17. The van der Waals surface area contributed by atoms with Crippen molar-refractivity contribution in [3.63, 3.8) is 0 Å². The summed E-state index contributed by atoms with van der Waals surface area (Å²) in [6.07, 6.45) is 3.07. The van der Waals surface area contributed by atoms with E-state index in [-0.39, 0.29) is 0 Å². The molecule has 0 saturated heterocycles. The van der Waals surface area contributed by atoms with Crippen molar-refractivity contribution in [1.29, 1.82) is 0 Å². The molecule has 0 unspecified atom stereocenters. The van der Waals surface area contributed by atoms with Crippen LogP contribution in [0, 0.1) is 0 Å². The van der Waals surface area contributed by atoms with Gasteiger partial charge in [0.2, 0.25) is 0 Å². The van der Waals surface area contributed by atoms with E-state index in [1.165, 1.54) is 24.2 Å². The van der Waals surface area contributed by atoms with E-state index in [4.69, 9.17) is 0 Å². The predicted molar refractivity (Wildman–Crippen MR) is 53.6 cm³/mol. The number of likely N-dealkylation sites (N-methyl/N-ethyl adjacent to an activating group) is 1.